The van der Waals surface area contributed by atoms with Crippen LogP contribution in [0, 0.1) is 0 Å². The Balaban J connectivity index is 1.76. The first kappa shape index (κ1) is 13.6. The third kappa shape index (κ3) is 2.87. The second-order valence-electron chi connectivity index (χ2n) is 6.02. The summed E-state index contributed by atoms with van der Waals surface area (Å²) in [5.41, 5.74) is 1.40. The first-order chi connectivity index (χ1) is 9.74. The van der Waals surface area contributed by atoms with Gasteiger partial charge in [-0.05, 0) is 49.1 Å². The van der Waals surface area contributed by atoms with Gasteiger partial charge in [-0.3, -0.25) is 4.90 Å². The van der Waals surface area contributed by atoms with Crippen molar-refractivity contribution in [2.45, 2.75) is 44.4 Å². The Morgan fingerprint density at radius 2 is 1.70 bits per heavy atom. The van der Waals surface area contributed by atoms with Crippen molar-refractivity contribution in [2.75, 3.05) is 7.05 Å². The first-order valence-corrected chi connectivity index (χ1v) is 7.59. The van der Waals surface area contributed by atoms with E-state index in [4.69, 9.17) is 0 Å². The molecule has 20 heavy (non-hydrogen) atoms. The highest BCUT2D eigenvalue weighted by molar-refractivity contribution is 5.85. The zero-order valence-electron chi connectivity index (χ0n) is 12.1. The minimum atomic E-state index is -0.0720. The van der Waals surface area contributed by atoms with Gasteiger partial charge in [0.05, 0.1) is 6.10 Å². The van der Waals surface area contributed by atoms with Gasteiger partial charge in [-0.15, -0.1) is 0 Å². The molecule has 1 fully saturated rings. The van der Waals surface area contributed by atoms with E-state index < -0.39 is 0 Å². The van der Waals surface area contributed by atoms with E-state index in [0.29, 0.717) is 6.04 Å². The Morgan fingerprint density at radius 3 is 2.50 bits per heavy atom. The molecule has 0 atom stereocenters. The van der Waals surface area contributed by atoms with Crippen LogP contribution in [0.3, 0.4) is 0 Å². The maximum atomic E-state index is 9.62. The molecule has 0 aliphatic heterocycles. The van der Waals surface area contributed by atoms with Gasteiger partial charge in [-0.2, -0.15) is 0 Å². The Bertz CT molecular complexity index is 567. The van der Waals surface area contributed by atoms with Crippen LogP contribution in [0.2, 0.25) is 0 Å². The number of benzene rings is 2. The summed E-state index contributed by atoms with van der Waals surface area (Å²) >= 11 is 0. The zero-order chi connectivity index (χ0) is 13.9. The van der Waals surface area contributed by atoms with E-state index in [1.165, 1.54) is 16.3 Å². The molecule has 1 aliphatic carbocycles. The quantitative estimate of drug-likeness (QED) is 0.920. The normalized spacial score (nSPS) is 23.4. The average Bonchev–Trinajstić information content (AvgIpc) is 2.48. The molecule has 2 aromatic carbocycles. The summed E-state index contributed by atoms with van der Waals surface area (Å²) in [7, 11) is 2.21. The Labute approximate surface area is 121 Å². The minimum absolute atomic E-state index is 0.0720. The van der Waals surface area contributed by atoms with Crippen molar-refractivity contribution in [1.82, 2.24) is 4.90 Å². The first-order valence-electron chi connectivity index (χ1n) is 7.59. The molecule has 106 valence electrons. The summed E-state index contributed by atoms with van der Waals surface area (Å²) in [6, 6.07) is 15.8. The molecule has 1 aliphatic rings. The van der Waals surface area contributed by atoms with E-state index in [0.717, 1.165) is 32.2 Å². The van der Waals surface area contributed by atoms with E-state index >= 15 is 0 Å². The van der Waals surface area contributed by atoms with Gasteiger partial charge in [-0.25, -0.2) is 0 Å². The highest BCUT2D eigenvalue weighted by atomic mass is 16.3. The lowest BCUT2D eigenvalue weighted by atomic mass is 9.92. The number of aliphatic hydroxyl groups excluding tert-OH is 1. The van der Waals surface area contributed by atoms with Crippen molar-refractivity contribution in [3.63, 3.8) is 0 Å². The largest absolute Gasteiger partial charge is 0.393 e. The Morgan fingerprint density at radius 1 is 1.00 bits per heavy atom. The molecule has 0 aromatic heterocycles. The van der Waals surface area contributed by atoms with Crippen LogP contribution in [0.5, 0.6) is 0 Å². The van der Waals surface area contributed by atoms with Gasteiger partial charge < -0.3 is 5.11 Å². The molecule has 0 spiro atoms. The number of fused-ring (bicyclic) bond motifs is 1. The average molecular weight is 269 g/mol. The molecule has 2 aromatic rings. The van der Waals surface area contributed by atoms with Gasteiger partial charge in [0.15, 0.2) is 0 Å². The number of rotatable bonds is 3. The zero-order valence-corrected chi connectivity index (χ0v) is 12.1. The van der Waals surface area contributed by atoms with E-state index in [-0.39, 0.29) is 6.10 Å². The molecular formula is C18H23NO. The number of aliphatic hydroxyl groups is 1. The molecule has 2 heteroatoms. The third-order valence-corrected chi connectivity index (χ3v) is 4.59. The van der Waals surface area contributed by atoms with Crippen LogP contribution in [-0.2, 0) is 6.54 Å². The lowest BCUT2D eigenvalue weighted by molar-refractivity contribution is 0.0819. The van der Waals surface area contributed by atoms with Crippen LogP contribution >= 0.6 is 0 Å². The van der Waals surface area contributed by atoms with Crippen LogP contribution in [-0.4, -0.2) is 29.2 Å². The van der Waals surface area contributed by atoms with Crippen LogP contribution < -0.4 is 0 Å². The maximum Gasteiger partial charge on any atom is 0.0541 e. The van der Waals surface area contributed by atoms with E-state index in [9.17, 15) is 5.11 Å². The lowest BCUT2D eigenvalue weighted by Gasteiger charge is -2.33. The predicted octanol–water partition coefficient (Wildman–Crippen LogP) is 3.58. The van der Waals surface area contributed by atoms with E-state index in [1.54, 1.807) is 0 Å². The van der Waals surface area contributed by atoms with Crippen molar-refractivity contribution in [3.8, 4) is 0 Å². The summed E-state index contributed by atoms with van der Waals surface area (Å²) in [6.45, 7) is 0.988. The van der Waals surface area contributed by atoms with Gasteiger partial charge in [0.25, 0.3) is 0 Å². The molecule has 0 heterocycles. The predicted molar refractivity (Wildman–Crippen MR) is 83.7 cm³/mol. The fourth-order valence-electron chi connectivity index (χ4n) is 3.33. The summed E-state index contributed by atoms with van der Waals surface area (Å²) < 4.78 is 0. The standard InChI is InChI=1S/C18H23NO/c1-19(16-9-11-17(20)12-10-16)13-15-7-4-6-14-5-2-3-8-18(14)15/h2-8,16-17,20H,9-13H2,1H3. The van der Waals surface area contributed by atoms with Gasteiger partial charge >= 0.3 is 0 Å². The summed E-state index contributed by atoms with van der Waals surface area (Å²) in [4.78, 5) is 2.45. The molecule has 0 amide bonds. The molecule has 0 bridgehead atoms. The smallest absolute Gasteiger partial charge is 0.0541 e. The molecule has 0 radical (unpaired) electrons. The molecular weight excluding hydrogens is 246 g/mol. The third-order valence-electron chi connectivity index (χ3n) is 4.59. The topological polar surface area (TPSA) is 23.5 Å². The van der Waals surface area contributed by atoms with Crippen LogP contribution in [0.15, 0.2) is 42.5 Å². The van der Waals surface area contributed by atoms with Gasteiger partial charge in [0.2, 0.25) is 0 Å². The maximum absolute atomic E-state index is 9.62. The number of hydrogen-bond donors (Lipinski definition) is 1. The number of nitrogens with zero attached hydrogens (tertiary/aromatic N) is 1. The van der Waals surface area contributed by atoms with Crippen molar-refractivity contribution in [1.29, 1.82) is 0 Å². The molecule has 2 nitrogen and oxygen atoms in total. The van der Waals surface area contributed by atoms with Gasteiger partial charge in [-0.1, -0.05) is 42.5 Å². The molecule has 1 saturated carbocycles. The fourth-order valence-corrected chi connectivity index (χ4v) is 3.33. The Hall–Kier alpha value is -1.38. The van der Waals surface area contributed by atoms with Crippen molar-refractivity contribution >= 4 is 10.8 Å². The van der Waals surface area contributed by atoms with Crippen molar-refractivity contribution in [3.05, 3.63) is 48.0 Å². The summed E-state index contributed by atoms with van der Waals surface area (Å²) in [6.07, 6.45) is 4.05. The monoisotopic (exact) mass is 269 g/mol. The van der Waals surface area contributed by atoms with Gasteiger partial charge in [0.1, 0.15) is 0 Å². The SMILES string of the molecule is CN(Cc1cccc2ccccc12)C1CCC(O)CC1. The second-order valence-corrected chi connectivity index (χ2v) is 6.02. The van der Waals surface area contributed by atoms with Crippen molar-refractivity contribution < 1.29 is 5.11 Å². The van der Waals surface area contributed by atoms with Crippen LogP contribution in [0.25, 0.3) is 10.8 Å². The highest BCUT2D eigenvalue weighted by Crippen LogP contribution is 2.25. The fraction of sp³-hybridized carbons (Fsp3) is 0.444. The van der Waals surface area contributed by atoms with Crippen LogP contribution in [0.4, 0.5) is 0 Å². The number of hydrogen-bond acceptors (Lipinski definition) is 2. The molecule has 3 rings (SSSR count). The highest BCUT2D eigenvalue weighted by Gasteiger charge is 2.22. The second kappa shape index (κ2) is 5.94. The van der Waals surface area contributed by atoms with Crippen molar-refractivity contribution in [2.24, 2.45) is 0 Å². The molecule has 0 unspecified atom stereocenters. The van der Waals surface area contributed by atoms with Gasteiger partial charge in [0, 0.05) is 12.6 Å². The van der Waals surface area contributed by atoms with E-state index in [2.05, 4.69) is 54.4 Å². The molecule has 0 saturated heterocycles. The lowest BCUT2D eigenvalue weighted by Crippen LogP contribution is -2.35. The summed E-state index contributed by atoms with van der Waals surface area (Å²) in [5, 5.41) is 12.3. The summed E-state index contributed by atoms with van der Waals surface area (Å²) in [5.74, 6) is 0. The minimum Gasteiger partial charge on any atom is -0.393 e. The van der Waals surface area contributed by atoms with Crippen LogP contribution in [0.1, 0.15) is 31.2 Å². The molecule has 1 N–H and O–H groups in total. The Kier molecular flexibility index (Phi) is 4.04. The van der Waals surface area contributed by atoms with E-state index in [1.807, 2.05) is 0 Å².